The first-order valence-electron chi connectivity index (χ1n) is 22.3. The zero-order valence-corrected chi connectivity index (χ0v) is 34.4. The molecule has 6 aromatic rings. The summed E-state index contributed by atoms with van der Waals surface area (Å²) in [7, 11) is 0. The molecule has 298 valence electrons. The minimum atomic E-state index is -0.134. The predicted molar refractivity (Wildman–Crippen MR) is 257 cm³/mol. The maximum absolute atomic E-state index is 5.38. The number of rotatable bonds is 5. The molecule has 3 heterocycles. The monoisotopic (exact) mass is 799 g/mol. The van der Waals surface area contributed by atoms with Crippen molar-refractivity contribution < 1.29 is 0 Å². The molecule has 13 rings (SSSR count). The Kier molecular flexibility index (Phi) is 8.12. The average molecular weight is 800 g/mol. The molecular weight excluding hydrogens is 755 g/mol. The lowest BCUT2D eigenvalue weighted by atomic mass is 9.82. The minimum Gasteiger partial charge on any atom is -0.347 e. The maximum Gasteiger partial charge on any atom is 0.159 e. The molecule has 5 heteroatoms. The topological polar surface area (TPSA) is 44.9 Å². The number of benzene rings is 5. The largest absolute Gasteiger partial charge is 0.347 e. The molecule has 7 aliphatic rings. The third-order valence-corrected chi connectivity index (χ3v) is 14.1. The first-order valence-corrected chi connectivity index (χ1v) is 22.3. The molecule has 5 atom stereocenters. The molecule has 5 aliphatic carbocycles. The quantitative estimate of drug-likeness (QED) is 0.189. The summed E-state index contributed by atoms with van der Waals surface area (Å²) in [5, 5.41) is 11.3. The van der Waals surface area contributed by atoms with Gasteiger partial charge in [0, 0.05) is 62.1 Å². The number of aromatic nitrogens is 1. The average Bonchev–Trinajstić information content (AvgIpc) is 3.84. The fourth-order valence-electron chi connectivity index (χ4n) is 11.2. The van der Waals surface area contributed by atoms with Crippen LogP contribution in [0.1, 0.15) is 53.1 Å². The Bertz CT molecular complexity index is 3310. The third kappa shape index (κ3) is 5.47. The van der Waals surface area contributed by atoms with Crippen LogP contribution < -0.4 is 20.8 Å². The smallest absolute Gasteiger partial charge is 0.159 e. The SMILES string of the molecule is C1=CCC2C(=C1)C=c1c(c3c(n1-c1cccc4c(C5=NC(C6C=CC=CC6)NC(c6ccccc6)=N5)cccc14)CCC=C3)=C2N1c2cc3ccccc3cc2C2C=CC=CC21. The molecular formula is C57H45N5. The molecule has 5 unspecified atom stereocenters. The number of hydrogen-bond donors (Lipinski definition) is 1. The van der Waals surface area contributed by atoms with Crippen molar-refractivity contribution in [2.24, 2.45) is 21.8 Å². The standard InChI is InChI=1S/C57H45N5/c1-3-17-36(18-4-1)55-58-56(37-19-5-2-6-20-37)60-57(59-55)45-29-15-28-43-42(45)27-16-32-48(43)61-50-31-14-12-26-46(50)53-52(61)35-40-23-9-10-24-41(40)54(53)62-49-30-13-11-25-44(49)47-33-38-21-7-8-22-39(38)34-51(47)62/h1-13,15-19,21-23,25-30,32-35,37,41,44,49,56H,14,20,24,31H2,(H,58,59,60). The lowest BCUT2D eigenvalue weighted by Crippen LogP contribution is -2.45. The first kappa shape index (κ1) is 35.5. The zero-order valence-electron chi connectivity index (χ0n) is 34.4. The van der Waals surface area contributed by atoms with E-state index in [2.05, 4.69) is 203 Å². The molecule has 5 nitrogen and oxygen atoms in total. The second-order valence-corrected chi connectivity index (χ2v) is 17.5. The van der Waals surface area contributed by atoms with Crippen LogP contribution in [0.3, 0.4) is 0 Å². The van der Waals surface area contributed by atoms with Crippen molar-refractivity contribution in [3.63, 3.8) is 0 Å². The van der Waals surface area contributed by atoms with E-state index in [0.717, 1.165) is 53.9 Å². The molecule has 0 saturated heterocycles. The van der Waals surface area contributed by atoms with Gasteiger partial charge in [0.05, 0.1) is 17.1 Å². The number of allylic oxidation sites excluding steroid dienone is 9. The van der Waals surface area contributed by atoms with Gasteiger partial charge in [-0.1, -0.05) is 164 Å². The van der Waals surface area contributed by atoms with Crippen molar-refractivity contribution in [2.75, 3.05) is 4.90 Å². The van der Waals surface area contributed by atoms with E-state index >= 15 is 0 Å². The van der Waals surface area contributed by atoms with Crippen LogP contribution in [0.4, 0.5) is 5.69 Å². The van der Waals surface area contributed by atoms with E-state index < -0.39 is 0 Å². The molecule has 0 radical (unpaired) electrons. The van der Waals surface area contributed by atoms with Gasteiger partial charge in [0.15, 0.2) is 5.84 Å². The molecule has 0 bridgehead atoms. The van der Waals surface area contributed by atoms with Crippen LogP contribution >= 0.6 is 0 Å². The number of hydrogen-bond acceptors (Lipinski definition) is 4. The number of aliphatic imine (C=N–C) groups is 2. The van der Waals surface area contributed by atoms with Crippen molar-refractivity contribution in [1.29, 1.82) is 0 Å². The summed E-state index contributed by atoms with van der Waals surface area (Å²) in [5.41, 5.74) is 11.6. The molecule has 5 aromatic carbocycles. The maximum atomic E-state index is 5.38. The van der Waals surface area contributed by atoms with E-state index in [0.29, 0.717) is 0 Å². The van der Waals surface area contributed by atoms with Gasteiger partial charge in [-0.05, 0) is 77.3 Å². The number of anilines is 1. The molecule has 0 spiro atoms. The molecule has 2 aliphatic heterocycles. The van der Waals surface area contributed by atoms with Crippen molar-refractivity contribution in [1.82, 2.24) is 9.88 Å². The van der Waals surface area contributed by atoms with Crippen LogP contribution in [0.2, 0.25) is 0 Å². The summed E-state index contributed by atoms with van der Waals surface area (Å²) < 4.78 is 2.62. The van der Waals surface area contributed by atoms with Gasteiger partial charge < -0.3 is 14.8 Å². The summed E-state index contributed by atoms with van der Waals surface area (Å²) in [6, 6.07) is 38.0. The fourth-order valence-corrected chi connectivity index (χ4v) is 11.2. The highest BCUT2D eigenvalue weighted by Gasteiger charge is 2.43. The fraction of sp³-hybridized carbons (Fsp3) is 0.158. The van der Waals surface area contributed by atoms with Gasteiger partial charge >= 0.3 is 0 Å². The van der Waals surface area contributed by atoms with E-state index in [9.17, 15) is 0 Å². The van der Waals surface area contributed by atoms with Gasteiger partial charge in [-0.15, -0.1) is 0 Å². The normalized spacial score (nSPS) is 23.8. The number of nitrogens with zero attached hydrogens (tertiary/aromatic N) is 4. The van der Waals surface area contributed by atoms with Crippen molar-refractivity contribution in [3.05, 3.63) is 220 Å². The minimum absolute atomic E-state index is 0.134. The predicted octanol–water partition coefficient (Wildman–Crippen LogP) is 10.5. The number of nitrogens with one attached hydrogen (secondary N) is 1. The van der Waals surface area contributed by atoms with Crippen LogP contribution in [0.25, 0.3) is 45.1 Å². The summed E-state index contributed by atoms with van der Waals surface area (Å²) in [6.07, 6.45) is 36.2. The Hall–Kier alpha value is -7.24. The second-order valence-electron chi connectivity index (χ2n) is 17.5. The Labute approximate surface area is 361 Å². The Morgan fingerprint density at radius 1 is 0.694 bits per heavy atom. The van der Waals surface area contributed by atoms with Crippen LogP contribution in [0.5, 0.6) is 0 Å². The molecule has 1 N–H and O–H groups in total. The van der Waals surface area contributed by atoms with E-state index in [4.69, 9.17) is 9.98 Å². The lowest BCUT2D eigenvalue weighted by molar-refractivity contribution is 0.475. The molecule has 0 amide bonds. The lowest BCUT2D eigenvalue weighted by Gasteiger charge is -2.37. The highest BCUT2D eigenvalue weighted by atomic mass is 15.2. The summed E-state index contributed by atoms with van der Waals surface area (Å²) in [4.78, 5) is 13.4. The summed E-state index contributed by atoms with van der Waals surface area (Å²) in [5.74, 6) is 2.39. The molecule has 0 saturated carbocycles. The van der Waals surface area contributed by atoms with Crippen LogP contribution in [-0.2, 0) is 6.42 Å². The Morgan fingerprint density at radius 2 is 1.52 bits per heavy atom. The number of amidine groups is 2. The van der Waals surface area contributed by atoms with Gasteiger partial charge in [-0.25, -0.2) is 9.98 Å². The molecule has 62 heavy (non-hydrogen) atoms. The van der Waals surface area contributed by atoms with Crippen LogP contribution in [0.15, 0.2) is 192 Å². The third-order valence-electron chi connectivity index (χ3n) is 14.1. The van der Waals surface area contributed by atoms with Gasteiger partial charge in [-0.3, -0.25) is 0 Å². The van der Waals surface area contributed by atoms with Gasteiger partial charge in [-0.2, -0.15) is 0 Å². The van der Waals surface area contributed by atoms with Crippen molar-refractivity contribution >= 4 is 56.8 Å². The Morgan fingerprint density at radius 3 is 2.42 bits per heavy atom. The summed E-state index contributed by atoms with van der Waals surface area (Å²) in [6.45, 7) is 0. The Balaban J connectivity index is 1.05. The van der Waals surface area contributed by atoms with E-state index in [-0.39, 0.29) is 30.0 Å². The van der Waals surface area contributed by atoms with Gasteiger partial charge in [0.1, 0.15) is 12.0 Å². The summed E-state index contributed by atoms with van der Waals surface area (Å²) >= 11 is 0. The van der Waals surface area contributed by atoms with Crippen LogP contribution in [0, 0.1) is 11.8 Å². The van der Waals surface area contributed by atoms with Gasteiger partial charge in [0.2, 0.25) is 0 Å². The van der Waals surface area contributed by atoms with Crippen LogP contribution in [-0.4, -0.2) is 28.4 Å². The second kappa shape index (κ2) is 14.2. The van der Waals surface area contributed by atoms with E-state index in [1.54, 1.807) is 0 Å². The highest BCUT2D eigenvalue weighted by molar-refractivity contribution is 6.18. The zero-order chi connectivity index (χ0) is 40.7. The van der Waals surface area contributed by atoms with Crippen molar-refractivity contribution in [2.45, 2.75) is 43.8 Å². The highest BCUT2D eigenvalue weighted by Crippen LogP contribution is 2.50. The molecule has 0 fully saturated rings. The van der Waals surface area contributed by atoms with Gasteiger partial charge in [0.25, 0.3) is 0 Å². The van der Waals surface area contributed by atoms with E-state index in [1.165, 1.54) is 66.2 Å². The number of fused-ring (bicyclic) bond motifs is 9. The molecule has 1 aromatic heterocycles. The van der Waals surface area contributed by atoms with Crippen molar-refractivity contribution in [3.8, 4) is 5.69 Å². The first-order chi connectivity index (χ1) is 30.8. The van der Waals surface area contributed by atoms with E-state index in [1.807, 2.05) is 0 Å².